The van der Waals surface area contributed by atoms with Gasteiger partial charge in [0.25, 0.3) is 0 Å². The highest BCUT2D eigenvalue weighted by Gasteiger charge is 2.20. The van der Waals surface area contributed by atoms with Crippen molar-refractivity contribution < 1.29 is 14.7 Å². The van der Waals surface area contributed by atoms with Gasteiger partial charge in [0.1, 0.15) is 6.54 Å². The monoisotopic (exact) mass is 295 g/mol. The normalized spacial score (nSPS) is 19.2. The number of aliphatic carboxylic acids is 1. The summed E-state index contributed by atoms with van der Waals surface area (Å²) >= 11 is 0. The minimum atomic E-state index is -0.976. The first kappa shape index (κ1) is 15.3. The van der Waals surface area contributed by atoms with Crippen LogP contribution in [0.15, 0.2) is 12.4 Å². The lowest BCUT2D eigenvalue weighted by Crippen LogP contribution is -2.48. The van der Waals surface area contributed by atoms with E-state index in [9.17, 15) is 9.59 Å². The fraction of sp³-hybridized carbons (Fsp3) is 0.615. The molecule has 1 aliphatic rings. The van der Waals surface area contributed by atoms with Crippen LogP contribution in [0.25, 0.3) is 0 Å². The first-order valence-corrected chi connectivity index (χ1v) is 7.11. The molecular weight excluding hydrogens is 274 g/mol. The number of hydrogen-bond acceptors (Lipinski definition) is 4. The number of nitrogens with one attached hydrogen (secondary N) is 2. The molecule has 0 aromatic carbocycles. The fourth-order valence-corrected chi connectivity index (χ4v) is 2.47. The molecule has 1 aliphatic heterocycles. The lowest BCUT2D eigenvalue weighted by Gasteiger charge is -2.32. The van der Waals surface area contributed by atoms with Gasteiger partial charge in [0, 0.05) is 18.8 Å². The number of aromatic nitrogens is 2. The number of amides is 2. The Labute approximate surface area is 123 Å². The van der Waals surface area contributed by atoms with Crippen LogP contribution in [0.1, 0.15) is 19.8 Å². The van der Waals surface area contributed by atoms with Gasteiger partial charge >= 0.3 is 12.0 Å². The maximum absolute atomic E-state index is 11.9. The largest absolute Gasteiger partial charge is 0.480 e. The van der Waals surface area contributed by atoms with Crippen molar-refractivity contribution in [2.75, 3.05) is 25.0 Å². The van der Waals surface area contributed by atoms with Crippen LogP contribution in [0.4, 0.5) is 10.5 Å². The van der Waals surface area contributed by atoms with Crippen LogP contribution in [0, 0.1) is 0 Å². The number of urea groups is 1. The van der Waals surface area contributed by atoms with Gasteiger partial charge < -0.3 is 20.6 Å². The van der Waals surface area contributed by atoms with Gasteiger partial charge in [0.2, 0.25) is 0 Å². The van der Waals surface area contributed by atoms with Crippen LogP contribution in [0.3, 0.4) is 0 Å². The molecule has 0 radical (unpaired) electrons. The van der Waals surface area contributed by atoms with Gasteiger partial charge in [0.05, 0.1) is 11.9 Å². The van der Waals surface area contributed by atoms with Crippen molar-refractivity contribution in [3.63, 3.8) is 0 Å². The Kier molecular flexibility index (Phi) is 5.15. The quantitative estimate of drug-likeness (QED) is 0.737. The SMILES string of the molecule is CCN1CCCC(NC(=O)Nc2cnn(CC(=O)O)c2)C1. The Morgan fingerprint density at radius 2 is 2.33 bits per heavy atom. The first-order valence-electron chi connectivity index (χ1n) is 7.11. The van der Waals surface area contributed by atoms with E-state index in [2.05, 4.69) is 27.6 Å². The molecule has 1 atom stereocenters. The Morgan fingerprint density at radius 3 is 3.05 bits per heavy atom. The highest BCUT2D eigenvalue weighted by molar-refractivity contribution is 5.89. The van der Waals surface area contributed by atoms with Crippen LogP contribution in [-0.2, 0) is 11.3 Å². The third-order valence-electron chi connectivity index (χ3n) is 3.48. The van der Waals surface area contributed by atoms with Crippen LogP contribution in [0.5, 0.6) is 0 Å². The summed E-state index contributed by atoms with van der Waals surface area (Å²) in [4.78, 5) is 24.8. The van der Waals surface area contributed by atoms with Gasteiger partial charge in [-0.15, -0.1) is 0 Å². The Bertz CT molecular complexity index is 502. The summed E-state index contributed by atoms with van der Waals surface area (Å²) in [7, 11) is 0. The van der Waals surface area contributed by atoms with Gasteiger partial charge in [0.15, 0.2) is 0 Å². The summed E-state index contributed by atoms with van der Waals surface area (Å²) in [6, 6.07) is -0.138. The number of carboxylic acid groups (broad SMARTS) is 1. The number of carbonyl (C=O) groups excluding carboxylic acids is 1. The van der Waals surface area contributed by atoms with Crippen molar-refractivity contribution in [1.82, 2.24) is 20.0 Å². The predicted octanol–water partition coefficient (Wildman–Crippen LogP) is 0.574. The lowest BCUT2D eigenvalue weighted by atomic mass is 10.1. The van der Waals surface area contributed by atoms with Gasteiger partial charge in [-0.3, -0.25) is 9.48 Å². The van der Waals surface area contributed by atoms with Crippen molar-refractivity contribution in [1.29, 1.82) is 0 Å². The summed E-state index contributed by atoms with van der Waals surface area (Å²) in [5.41, 5.74) is 0.483. The number of anilines is 1. The fourth-order valence-electron chi connectivity index (χ4n) is 2.47. The zero-order valence-electron chi connectivity index (χ0n) is 12.1. The molecule has 2 heterocycles. The second-order valence-corrected chi connectivity index (χ2v) is 5.15. The number of likely N-dealkylation sites (tertiary alicyclic amines) is 1. The van der Waals surface area contributed by atoms with Crippen LogP contribution in [-0.4, -0.2) is 57.5 Å². The van der Waals surface area contributed by atoms with Crippen molar-refractivity contribution in [2.45, 2.75) is 32.4 Å². The molecule has 2 rings (SSSR count). The average Bonchev–Trinajstić information content (AvgIpc) is 2.85. The second-order valence-electron chi connectivity index (χ2n) is 5.15. The van der Waals surface area contributed by atoms with E-state index < -0.39 is 5.97 Å². The molecule has 3 N–H and O–H groups in total. The zero-order chi connectivity index (χ0) is 15.2. The molecule has 1 saturated heterocycles. The van der Waals surface area contributed by atoms with E-state index in [1.807, 2.05) is 0 Å². The zero-order valence-corrected chi connectivity index (χ0v) is 12.1. The highest BCUT2D eigenvalue weighted by Crippen LogP contribution is 2.10. The van der Waals surface area contributed by atoms with Crippen molar-refractivity contribution in [2.24, 2.45) is 0 Å². The maximum atomic E-state index is 11.9. The van der Waals surface area contributed by atoms with Crippen LogP contribution < -0.4 is 10.6 Å². The van der Waals surface area contributed by atoms with Gasteiger partial charge in [-0.25, -0.2) is 4.79 Å². The molecule has 0 bridgehead atoms. The molecular formula is C13H21N5O3. The van der Waals surface area contributed by atoms with Gasteiger partial charge in [-0.05, 0) is 25.9 Å². The predicted molar refractivity (Wildman–Crippen MR) is 77.2 cm³/mol. The first-order chi connectivity index (χ1) is 10.1. The number of nitrogens with zero attached hydrogens (tertiary/aromatic N) is 3. The molecule has 1 aromatic heterocycles. The molecule has 8 heteroatoms. The van der Waals surface area contributed by atoms with E-state index in [0.29, 0.717) is 5.69 Å². The van der Waals surface area contributed by atoms with Crippen LogP contribution >= 0.6 is 0 Å². The summed E-state index contributed by atoms with van der Waals surface area (Å²) < 4.78 is 1.26. The molecule has 1 unspecified atom stereocenters. The standard InChI is InChI=1S/C13H21N5O3/c1-2-17-5-3-4-10(7-17)15-13(21)16-11-6-14-18(8-11)9-12(19)20/h6,8,10H,2-5,7,9H2,1H3,(H,19,20)(H2,15,16,21). The summed E-state index contributed by atoms with van der Waals surface area (Å²) in [5, 5.41) is 18.1. The van der Waals surface area contributed by atoms with E-state index in [0.717, 1.165) is 32.5 Å². The molecule has 1 fully saturated rings. The topological polar surface area (TPSA) is 99.5 Å². The van der Waals surface area contributed by atoms with Crippen molar-refractivity contribution >= 4 is 17.7 Å². The number of carbonyl (C=O) groups is 2. The average molecular weight is 295 g/mol. The van der Waals surface area contributed by atoms with E-state index in [1.54, 1.807) is 0 Å². The van der Waals surface area contributed by atoms with Crippen LogP contribution in [0.2, 0.25) is 0 Å². The molecule has 0 aliphatic carbocycles. The Balaban J connectivity index is 1.81. The summed E-state index contributed by atoms with van der Waals surface area (Å²) in [6.07, 6.45) is 4.98. The maximum Gasteiger partial charge on any atom is 0.325 e. The number of rotatable bonds is 5. The van der Waals surface area contributed by atoms with E-state index in [4.69, 9.17) is 5.11 Å². The molecule has 21 heavy (non-hydrogen) atoms. The molecule has 8 nitrogen and oxygen atoms in total. The third-order valence-corrected chi connectivity index (χ3v) is 3.48. The Morgan fingerprint density at radius 1 is 1.52 bits per heavy atom. The minimum Gasteiger partial charge on any atom is -0.480 e. The van der Waals surface area contributed by atoms with Gasteiger partial charge in [-0.1, -0.05) is 6.92 Å². The number of likely N-dealkylation sites (N-methyl/N-ethyl adjacent to an activating group) is 1. The lowest BCUT2D eigenvalue weighted by molar-refractivity contribution is -0.137. The molecule has 116 valence electrons. The summed E-state index contributed by atoms with van der Waals surface area (Å²) in [5.74, 6) is -0.976. The molecule has 0 saturated carbocycles. The smallest absolute Gasteiger partial charge is 0.325 e. The number of piperidine rings is 1. The van der Waals surface area contributed by atoms with E-state index in [-0.39, 0.29) is 18.6 Å². The third kappa shape index (κ3) is 4.75. The highest BCUT2D eigenvalue weighted by atomic mass is 16.4. The van der Waals surface area contributed by atoms with Crippen molar-refractivity contribution in [3.8, 4) is 0 Å². The van der Waals surface area contributed by atoms with E-state index >= 15 is 0 Å². The molecule has 1 aromatic rings. The second kappa shape index (κ2) is 7.07. The molecule has 2 amide bonds. The van der Waals surface area contributed by atoms with E-state index in [1.165, 1.54) is 17.1 Å². The minimum absolute atomic E-state index is 0.146. The Hall–Kier alpha value is -2.09. The summed E-state index contributed by atoms with van der Waals surface area (Å²) in [6.45, 7) is 4.82. The number of hydrogen-bond donors (Lipinski definition) is 3. The number of carboxylic acids is 1. The molecule has 0 spiro atoms. The van der Waals surface area contributed by atoms with Crippen molar-refractivity contribution in [3.05, 3.63) is 12.4 Å². The van der Waals surface area contributed by atoms with Gasteiger partial charge in [-0.2, -0.15) is 5.10 Å².